The molecular formula is C17H23BrN2O2. The van der Waals surface area contributed by atoms with Crippen molar-refractivity contribution in [2.24, 2.45) is 17.1 Å². The molecule has 22 heavy (non-hydrogen) atoms. The van der Waals surface area contributed by atoms with Crippen molar-refractivity contribution in [3.05, 3.63) is 22.2 Å². The smallest absolute Gasteiger partial charge is 0.175 e. The molecule has 0 radical (unpaired) electrons. The molecule has 1 saturated carbocycles. The molecule has 2 aliphatic heterocycles. The summed E-state index contributed by atoms with van der Waals surface area (Å²) < 4.78 is 13.1. The van der Waals surface area contributed by atoms with E-state index in [2.05, 4.69) is 40.0 Å². The molecule has 1 aliphatic carbocycles. The standard InChI is InChI=1S/C17H23BrN2O2/c1-20-8-11(7-19)4-14(20)12-5-13(18)16-15(6-12)21-9-17(2-3-17)10-22-16/h5-6,11,14H,2-4,7-10,19H2,1H3. The first-order valence-electron chi connectivity index (χ1n) is 8.10. The Hall–Kier alpha value is -0.780. The summed E-state index contributed by atoms with van der Waals surface area (Å²) in [6.07, 6.45) is 3.55. The highest BCUT2D eigenvalue weighted by Gasteiger charge is 2.46. The van der Waals surface area contributed by atoms with Gasteiger partial charge in [0.25, 0.3) is 0 Å². The SMILES string of the molecule is CN1CC(CN)CC1c1cc(Br)c2c(c1)OCC1(CC1)CO2. The van der Waals surface area contributed by atoms with E-state index in [0.717, 1.165) is 48.7 Å². The summed E-state index contributed by atoms with van der Waals surface area (Å²) in [7, 11) is 2.18. The van der Waals surface area contributed by atoms with Crippen LogP contribution in [0.1, 0.15) is 30.9 Å². The third kappa shape index (κ3) is 2.53. The molecule has 3 aliphatic rings. The summed E-state index contributed by atoms with van der Waals surface area (Å²) in [5.41, 5.74) is 7.42. The van der Waals surface area contributed by atoms with E-state index in [9.17, 15) is 0 Å². The van der Waals surface area contributed by atoms with E-state index in [-0.39, 0.29) is 5.41 Å². The van der Waals surface area contributed by atoms with Gasteiger partial charge in [-0.05, 0) is 72.4 Å². The van der Waals surface area contributed by atoms with Crippen molar-refractivity contribution < 1.29 is 9.47 Å². The van der Waals surface area contributed by atoms with Gasteiger partial charge >= 0.3 is 0 Å². The fourth-order valence-corrected chi connectivity index (χ4v) is 4.23. The van der Waals surface area contributed by atoms with E-state index in [1.54, 1.807) is 0 Å². The van der Waals surface area contributed by atoms with Gasteiger partial charge in [0.1, 0.15) is 0 Å². The van der Waals surface area contributed by atoms with Crippen LogP contribution in [0.15, 0.2) is 16.6 Å². The number of hydrogen-bond acceptors (Lipinski definition) is 4. The minimum Gasteiger partial charge on any atom is -0.489 e. The molecular weight excluding hydrogens is 344 g/mol. The van der Waals surface area contributed by atoms with Crippen LogP contribution in [0, 0.1) is 11.3 Å². The summed E-state index contributed by atoms with van der Waals surface area (Å²) in [5.74, 6) is 2.33. The summed E-state index contributed by atoms with van der Waals surface area (Å²) in [6, 6.07) is 4.77. The van der Waals surface area contributed by atoms with E-state index >= 15 is 0 Å². The lowest BCUT2D eigenvalue weighted by atomic mass is 9.99. The average Bonchev–Trinajstić information content (AvgIpc) is 3.22. The lowest BCUT2D eigenvalue weighted by Gasteiger charge is -2.21. The Labute approximate surface area is 140 Å². The van der Waals surface area contributed by atoms with Crippen molar-refractivity contribution in [1.29, 1.82) is 0 Å². The first-order chi connectivity index (χ1) is 10.6. The highest BCUT2D eigenvalue weighted by atomic mass is 79.9. The zero-order chi connectivity index (χ0) is 15.3. The van der Waals surface area contributed by atoms with Crippen molar-refractivity contribution >= 4 is 15.9 Å². The summed E-state index contributed by atoms with van der Waals surface area (Å²) in [5, 5.41) is 0. The van der Waals surface area contributed by atoms with Gasteiger partial charge in [-0.15, -0.1) is 0 Å². The van der Waals surface area contributed by atoms with E-state index < -0.39 is 0 Å². The van der Waals surface area contributed by atoms with Gasteiger partial charge in [-0.3, -0.25) is 4.90 Å². The molecule has 1 aromatic carbocycles. The van der Waals surface area contributed by atoms with Crippen LogP contribution >= 0.6 is 15.9 Å². The molecule has 1 aromatic rings. The normalized spacial score (nSPS) is 29.6. The topological polar surface area (TPSA) is 47.7 Å². The van der Waals surface area contributed by atoms with Crippen LogP contribution in [0.2, 0.25) is 0 Å². The van der Waals surface area contributed by atoms with Crippen molar-refractivity contribution in [2.45, 2.75) is 25.3 Å². The summed E-state index contributed by atoms with van der Waals surface area (Å²) >= 11 is 3.68. The van der Waals surface area contributed by atoms with Gasteiger partial charge in [-0.2, -0.15) is 0 Å². The van der Waals surface area contributed by atoms with Crippen molar-refractivity contribution in [1.82, 2.24) is 4.90 Å². The summed E-state index contributed by atoms with van der Waals surface area (Å²) in [6.45, 7) is 3.38. The number of nitrogens with two attached hydrogens (primary N) is 1. The molecule has 1 saturated heterocycles. The number of nitrogens with zero attached hydrogens (tertiary/aromatic N) is 1. The largest absolute Gasteiger partial charge is 0.489 e. The van der Waals surface area contributed by atoms with Crippen LogP contribution in [0.4, 0.5) is 0 Å². The van der Waals surface area contributed by atoms with Gasteiger partial charge in [0.2, 0.25) is 0 Å². The fraction of sp³-hybridized carbons (Fsp3) is 0.647. The van der Waals surface area contributed by atoms with Gasteiger partial charge < -0.3 is 15.2 Å². The number of benzene rings is 1. The minimum atomic E-state index is 0.271. The Bertz CT molecular complexity index is 588. The zero-order valence-electron chi connectivity index (χ0n) is 13.0. The lowest BCUT2D eigenvalue weighted by Crippen LogP contribution is -2.20. The lowest BCUT2D eigenvalue weighted by molar-refractivity contribution is 0.196. The molecule has 1 spiro atoms. The number of hydrogen-bond donors (Lipinski definition) is 1. The monoisotopic (exact) mass is 366 g/mol. The van der Waals surface area contributed by atoms with E-state index in [4.69, 9.17) is 15.2 Å². The predicted molar refractivity (Wildman–Crippen MR) is 89.3 cm³/mol. The number of rotatable bonds is 2. The maximum atomic E-state index is 6.10. The van der Waals surface area contributed by atoms with Crippen LogP contribution in [-0.4, -0.2) is 38.3 Å². The van der Waals surface area contributed by atoms with Crippen LogP contribution in [-0.2, 0) is 0 Å². The molecule has 4 rings (SSSR count). The highest BCUT2D eigenvalue weighted by Crippen LogP contribution is 2.51. The van der Waals surface area contributed by atoms with Crippen LogP contribution < -0.4 is 15.2 Å². The van der Waals surface area contributed by atoms with E-state index in [1.807, 2.05) is 0 Å². The predicted octanol–water partition coefficient (Wildman–Crippen LogP) is 2.95. The average molecular weight is 367 g/mol. The summed E-state index contributed by atoms with van der Waals surface area (Å²) in [4.78, 5) is 2.39. The van der Waals surface area contributed by atoms with Crippen LogP contribution in [0.5, 0.6) is 11.5 Å². The fourth-order valence-electron chi connectivity index (χ4n) is 3.66. The molecule has 4 nitrogen and oxygen atoms in total. The number of halogens is 1. The highest BCUT2D eigenvalue weighted by molar-refractivity contribution is 9.10. The molecule has 120 valence electrons. The van der Waals surface area contributed by atoms with Gasteiger partial charge in [0.15, 0.2) is 11.5 Å². The zero-order valence-corrected chi connectivity index (χ0v) is 14.6. The number of likely N-dealkylation sites (tertiary alicyclic amines) is 1. The Morgan fingerprint density at radius 2 is 2.09 bits per heavy atom. The van der Waals surface area contributed by atoms with Crippen LogP contribution in [0.3, 0.4) is 0 Å². The van der Waals surface area contributed by atoms with Gasteiger partial charge in [-0.25, -0.2) is 0 Å². The van der Waals surface area contributed by atoms with E-state index in [0.29, 0.717) is 12.0 Å². The second kappa shape index (κ2) is 5.39. The first-order valence-corrected chi connectivity index (χ1v) is 8.89. The molecule has 0 amide bonds. The Morgan fingerprint density at radius 3 is 2.77 bits per heavy atom. The number of fused-ring (bicyclic) bond motifs is 1. The third-order valence-electron chi connectivity index (χ3n) is 5.40. The van der Waals surface area contributed by atoms with Crippen LogP contribution in [0.25, 0.3) is 0 Å². The Balaban J connectivity index is 1.63. The molecule has 2 atom stereocenters. The molecule has 0 bridgehead atoms. The molecule has 2 fully saturated rings. The minimum absolute atomic E-state index is 0.271. The first kappa shape index (κ1) is 14.8. The number of ether oxygens (including phenoxy) is 2. The van der Waals surface area contributed by atoms with Crippen molar-refractivity contribution in [3.63, 3.8) is 0 Å². The van der Waals surface area contributed by atoms with Crippen molar-refractivity contribution in [2.75, 3.05) is 33.4 Å². The molecule has 0 aromatic heterocycles. The van der Waals surface area contributed by atoms with Gasteiger partial charge in [0.05, 0.1) is 17.7 Å². The second-order valence-electron chi connectivity index (χ2n) is 7.20. The van der Waals surface area contributed by atoms with Crippen molar-refractivity contribution in [3.8, 4) is 11.5 Å². The molecule has 2 N–H and O–H groups in total. The maximum absolute atomic E-state index is 6.10. The quantitative estimate of drug-likeness (QED) is 0.873. The maximum Gasteiger partial charge on any atom is 0.175 e. The molecule has 5 heteroatoms. The van der Waals surface area contributed by atoms with Gasteiger partial charge in [0, 0.05) is 18.0 Å². The molecule has 2 unspecified atom stereocenters. The van der Waals surface area contributed by atoms with Gasteiger partial charge in [-0.1, -0.05) is 0 Å². The van der Waals surface area contributed by atoms with E-state index in [1.165, 1.54) is 18.4 Å². The third-order valence-corrected chi connectivity index (χ3v) is 5.99. The second-order valence-corrected chi connectivity index (χ2v) is 8.05. The molecule has 2 heterocycles. The Morgan fingerprint density at radius 1 is 1.32 bits per heavy atom. The Kier molecular flexibility index (Phi) is 3.62.